The standard InChI is InChI=1S/C18H22N4O3S/c1-20-9-8-16-17(20)4-3-5-18(16)25-14-6-10-22(11-7-14)26(23,24)15-12-19-21(2)13-15/h3-5,8-9,12-14H,6-7,10-11H2,1-2H3. The van der Waals surface area contributed by atoms with E-state index in [0.29, 0.717) is 25.9 Å². The van der Waals surface area contributed by atoms with Crippen molar-refractivity contribution in [3.8, 4) is 5.75 Å². The summed E-state index contributed by atoms with van der Waals surface area (Å²) in [5, 5.41) is 5.05. The van der Waals surface area contributed by atoms with Crippen LogP contribution in [0.25, 0.3) is 10.9 Å². The Morgan fingerprint density at radius 3 is 2.62 bits per heavy atom. The minimum absolute atomic E-state index is 0.0150. The highest BCUT2D eigenvalue weighted by Gasteiger charge is 2.31. The lowest BCUT2D eigenvalue weighted by Crippen LogP contribution is -2.41. The molecule has 1 aliphatic rings. The Kier molecular flexibility index (Phi) is 4.24. The molecule has 1 saturated heterocycles. The second-order valence-corrected chi connectivity index (χ2v) is 8.62. The van der Waals surface area contributed by atoms with E-state index < -0.39 is 10.0 Å². The molecule has 0 aliphatic carbocycles. The molecule has 26 heavy (non-hydrogen) atoms. The van der Waals surface area contributed by atoms with Gasteiger partial charge >= 0.3 is 0 Å². The summed E-state index contributed by atoms with van der Waals surface area (Å²) in [6, 6.07) is 8.07. The number of ether oxygens (including phenoxy) is 1. The van der Waals surface area contributed by atoms with Crippen molar-refractivity contribution in [2.75, 3.05) is 13.1 Å². The molecule has 0 N–H and O–H groups in total. The number of piperidine rings is 1. The van der Waals surface area contributed by atoms with Crippen LogP contribution in [0.1, 0.15) is 12.8 Å². The minimum Gasteiger partial charge on any atom is -0.490 e. The normalized spacial score (nSPS) is 17.0. The van der Waals surface area contributed by atoms with Crippen LogP contribution in [0.4, 0.5) is 0 Å². The smallest absolute Gasteiger partial charge is 0.246 e. The van der Waals surface area contributed by atoms with Crippen molar-refractivity contribution in [1.82, 2.24) is 18.7 Å². The fraction of sp³-hybridized carbons (Fsp3) is 0.389. The molecule has 1 aliphatic heterocycles. The Balaban J connectivity index is 1.45. The summed E-state index contributed by atoms with van der Waals surface area (Å²) in [5.41, 5.74) is 1.12. The van der Waals surface area contributed by atoms with E-state index in [1.807, 2.05) is 31.4 Å². The zero-order valence-electron chi connectivity index (χ0n) is 14.9. The van der Waals surface area contributed by atoms with Gasteiger partial charge in [-0.3, -0.25) is 4.68 Å². The average molecular weight is 374 g/mol. The predicted molar refractivity (Wildman–Crippen MR) is 98.5 cm³/mol. The first-order chi connectivity index (χ1) is 12.4. The van der Waals surface area contributed by atoms with E-state index in [2.05, 4.69) is 15.7 Å². The number of aryl methyl sites for hydroxylation is 2. The first-order valence-electron chi connectivity index (χ1n) is 8.64. The number of hydrogen-bond acceptors (Lipinski definition) is 4. The number of fused-ring (bicyclic) bond motifs is 1. The first-order valence-corrected chi connectivity index (χ1v) is 10.1. The zero-order valence-corrected chi connectivity index (χ0v) is 15.7. The van der Waals surface area contributed by atoms with Crippen LogP contribution in [0.2, 0.25) is 0 Å². The van der Waals surface area contributed by atoms with Crippen molar-refractivity contribution >= 4 is 20.9 Å². The lowest BCUT2D eigenvalue weighted by atomic mass is 10.1. The molecule has 0 atom stereocenters. The fourth-order valence-corrected chi connectivity index (χ4v) is 4.88. The number of benzene rings is 1. The Bertz CT molecular complexity index is 1030. The van der Waals surface area contributed by atoms with Crippen LogP contribution < -0.4 is 4.74 Å². The van der Waals surface area contributed by atoms with Gasteiger partial charge in [0.15, 0.2) is 0 Å². The lowest BCUT2D eigenvalue weighted by molar-refractivity contribution is 0.137. The van der Waals surface area contributed by atoms with Gasteiger partial charge in [0.1, 0.15) is 16.7 Å². The molecule has 0 amide bonds. The first kappa shape index (κ1) is 17.1. The van der Waals surface area contributed by atoms with E-state index >= 15 is 0 Å². The molecule has 0 spiro atoms. The van der Waals surface area contributed by atoms with Crippen molar-refractivity contribution < 1.29 is 13.2 Å². The van der Waals surface area contributed by atoms with Gasteiger partial charge < -0.3 is 9.30 Å². The monoisotopic (exact) mass is 374 g/mol. The Morgan fingerprint density at radius 2 is 1.92 bits per heavy atom. The van der Waals surface area contributed by atoms with Gasteiger partial charge in [-0.2, -0.15) is 9.40 Å². The molecule has 7 nitrogen and oxygen atoms in total. The van der Waals surface area contributed by atoms with Gasteiger partial charge in [-0.1, -0.05) is 6.07 Å². The van der Waals surface area contributed by atoms with E-state index in [-0.39, 0.29) is 11.0 Å². The second kappa shape index (κ2) is 6.44. The molecule has 138 valence electrons. The molecular formula is C18H22N4O3S. The number of rotatable bonds is 4. The summed E-state index contributed by atoms with van der Waals surface area (Å²) in [7, 11) is 0.242. The third-order valence-corrected chi connectivity index (χ3v) is 6.75. The van der Waals surface area contributed by atoms with Crippen LogP contribution in [0, 0.1) is 0 Å². The maximum Gasteiger partial charge on any atom is 0.246 e. The van der Waals surface area contributed by atoms with Gasteiger partial charge in [-0.25, -0.2) is 8.42 Å². The molecule has 2 aromatic heterocycles. The molecule has 0 bridgehead atoms. The fourth-order valence-electron chi connectivity index (χ4n) is 3.43. The second-order valence-electron chi connectivity index (χ2n) is 6.69. The Labute approximate surface area is 152 Å². The van der Waals surface area contributed by atoms with E-state index in [0.717, 1.165) is 16.7 Å². The average Bonchev–Trinajstić information content (AvgIpc) is 3.23. The zero-order chi connectivity index (χ0) is 18.3. The topological polar surface area (TPSA) is 69.4 Å². The summed E-state index contributed by atoms with van der Waals surface area (Å²) in [4.78, 5) is 0.244. The highest BCUT2D eigenvalue weighted by atomic mass is 32.2. The van der Waals surface area contributed by atoms with Gasteiger partial charge in [0.25, 0.3) is 0 Å². The van der Waals surface area contributed by atoms with Crippen LogP contribution in [-0.4, -0.2) is 46.3 Å². The summed E-state index contributed by atoms with van der Waals surface area (Å²) in [5.74, 6) is 0.858. The van der Waals surface area contributed by atoms with Crippen LogP contribution in [0.15, 0.2) is 47.8 Å². The van der Waals surface area contributed by atoms with Gasteiger partial charge in [-0.05, 0) is 31.0 Å². The van der Waals surface area contributed by atoms with Crippen molar-refractivity contribution in [3.05, 3.63) is 42.9 Å². The molecule has 1 aromatic carbocycles. The molecule has 0 radical (unpaired) electrons. The largest absolute Gasteiger partial charge is 0.490 e. The Hall–Kier alpha value is -2.32. The van der Waals surface area contributed by atoms with Crippen molar-refractivity contribution in [2.45, 2.75) is 23.8 Å². The molecule has 8 heteroatoms. The number of sulfonamides is 1. The van der Waals surface area contributed by atoms with Crippen LogP contribution in [0.5, 0.6) is 5.75 Å². The highest BCUT2D eigenvalue weighted by Crippen LogP contribution is 2.29. The Morgan fingerprint density at radius 1 is 1.15 bits per heavy atom. The van der Waals surface area contributed by atoms with Gasteiger partial charge in [0.05, 0.1) is 11.7 Å². The lowest BCUT2D eigenvalue weighted by Gasteiger charge is -2.31. The van der Waals surface area contributed by atoms with E-state index in [1.54, 1.807) is 7.05 Å². The van der Waals surface area contributed by atoms with Crippen molar-refractivity contribution in [2.24, 2.45) is 14.1 Å². The molecule has 1 fully saturated rings. The van der Waals surface area contributed by atoms with Crippen molar-refractivity contribution in [3.63, 3.8) is 0 Å². The van der Waals surface area contributed by atoms with E-state index in [9.17, 15) is 8.42 Å². The van der Waals surface area contributed by atoms with Crippen LogP contribution >= 0.6 is 0 Å². The minimum atomic E-state index is -3.48. The quantitative estimate of drug-likeness (QED) is 0.702. The molecule has 4 rings (SSSR count). The van der Waals surface area contributed by atoms with Crippen molar-refractivity contribution in [1.29, 1.82) is 0 Å². The molecular weight excluding hydrogens is 352 g/mol. The number of aromatic nitrogens is 3. The highest BCUT2D eigenvalue weighted by molar-refractivity contribution is 7.89. The predicted octanol–water partition coefficient (Wildman–Crippen LogP) is 2.14. The molecule has 3 aromatic rings. The van der Waals surface area contributed by atoms with E-state index in [4.69, 9.17) is 4.74 Å². The van der Waals surface area contributed by atoms with Gasteiger partial charge in [-0.15, -0.1) is 0 Å². The summed E-state index contributed by atoms with van der Waals surface area (Å²) < 4.78 is 36.6. The van der Waals surface area contributed by atoms with Gasteiger partial charge in [0, 0.05) is 45.0 Å². The maximum atomic E-state index is 12.7. The summed E-state index contributed by atoms with van der Waals surface area (Å²) in [6.07, 6.45) is 6.30. The van der Waals surface area contributed by atoms with Gasteiger partial charge in [0.2, 0.25) is 10.0 Å². The summed E-state index contributed by atoms with van der Waals surface area (Å²) >= 11 is 0. The maximum absolute atomic E-state index is 12.7. The number of hydrogen-bond donors (Lipinski definition) is 0. The van der Waals surface area contributed by atoms with Crippen LogP contribution in [-0.2, 0) is 24.1 Å². The summed E-state index contributed by atoms with van der Waals surface area (Å²) in [6.45, 7) is 0.902. The third kappa shape index (κ3) is 2.99. The molecule has 0 unspecified atom stereocenters. The van der Waals surface area contributed by atoms with E-state index in [1.165, 1.54) is 21.4 Å². The molecule has 3 heterocycles. The third-order valence-electron chi connectivity index (χ3n) is 4.90. The molecule has 0 saturated carbocycles. The number of nitrogens with zero attached hydrogens (tertiary/aromatic N) is 4. The van der Waals surface area contributed by atoms with Crippen LogP contribution in [0.3, 0.4) is 0 Å². The SMILES string of the molecule is Cn1cc(S(=O)(=O)N2CCC(Oc3cccc4c3ccn4C)CC2)cn1.